The number of likely N-dealkylation sites (tertiary alicyclic amines) is 1. The molecule has 6 nitrogen and oxygen atoms in total. The zero-order valence-corrected chi connectivity index (χ0v) is 10.8. The van der Waals surface area contributed by atoms with Crippen LogP contribution < -0.4 is 10.2 Å². The van der Waals surface area contributed by atoms with Gasteiger partial charge in [0.15, 0.2) is 6.19 Å². The average molecular weight is 246 g/mol. The summed E-state index contributed by atoms with van der Waals surface area (Å²) in [5, 5.41) is 11.1. The third kappa shape index (κ3) is 3.08. The van der Waals surface area contributed by atoms with Gasteiger partial charge in [0.2, 0.25) is 0 Å². The van der Waals surface area contributed by atoms with Gasteiger partial charge in [-0.1, -0.05) is 0 Å². The molecule has 1 saturated heterocycles. The number of nitrogens with zero attached hydrogens (tertiary/aromatic N) is 5. The van der Waals surface area contributed by atoms with Crippen LogP contribution in [0.2, 0.25) is 0 Å². The summed E-state index contributed by atoms with van der Waals surface area (Å²) in [5.41, 5.74) is 0. The Labute approximate surface area is 107 Å². The van der Waals surface area contributed by atoms with Crippen molar-refractivity contribution < 1.29 is 0 Å². The molecule has 1 unspecified atom stereocenters. The Morgan fingerprint density at radius 1 is 1.61 bits per heavy atom. The van der Waals surface area contributed by atoms with Crippen molar-refractivity contribution in [3.05, 3.63) is 12.4 Å². The molecule has 6 heteroatoms. The molecule has 1 atom stereocenters. The van der Waals surface area contributed by atoms with E-state index in [0.29, 0.717) is 11.7 Å². The molecule has 0 aromatic carbocycles. The molecule has 18 heavy (non-hydrogen) atoms. The molecule has 1 aromatic heterocycles. The van der Waals surface area contributed by atoms with Crippen LogP contribution in [0.25, 0.3) is 0 Å². The lowest BCUT2D eigenvalue weighted by Crippen LogP contribution is -2.27. The van der Waals surface area contributed by atoms with Gasteiger partial charge in [-0.05, 0) is 25.9 Å². The number of nitrogens with one attached hydrogen (secondary N) is 1. The van der Waals surface area contributed by atoms with Gasteiger partial charge in [0.05, 0.1) is 0 Å². The molecule has 0 aliphatic carbocycles. The summed E-state index contributed by atoms with van der Waals surface area (Å²) < 4.78 is 0. The van der Waals surface area contributed by atoms with E-state index in [1.165, 1.54) is 19.3 Å². The molecule has 1 N–H and O–H groups in total. The summed E-state index contributed by atoms with van der Waals surface area (Å²) in [6.07, 6.45) is 4.57. The monoisotopic (exact) mass is 246 g/mol. The summed E-state index contributed by atoms with van der Waals surface area (Å²) in [6.45, 7) is 3.29. The Bertz CT molecular complexity index is 440. The number of hydrogen-bond donors (Lipinski definition) is 1. The molecule has 0 radical (unpaired) electrons. The van der Waals surface area contributed by atoms with E-state index in [0.717, 1.165) is 18.9 Å². The number of nitriles is 1. The van der Waals surface area contributed by atoms with Crippen LogP contribution in [-0.4, -0.2) is 48.6 Å². The first kappa shape index (κ1) is 12.6. The van der Waals surface area contributed by atoms with Crippen molar-refractivity contribution in [3.63, 3.8) is 0 Å². The molecule has 2 rings (SSSR count). The van der Waals surface area contributed by atoms with E-state index >= 15 is 0 Å². The smallest absolute Gasteiger partial charge is 0.182 e. The Hall–Kier alpha value is -1.87. The SMILES string of the molecule is CN1CCC(CN(C)c2cc(NC#N)ncn2)C1. The fraction of sp³-hybridized carbons (Fsp3) is 0.583. The molecule has 0 spiro atoms. The maximum atomic E-state index is 8.57. The highest BCUT2D eigenvalue weighted by Crippen LogP contribution is 2.19. The highest BCUT2D eigenvalue weighted by molar-refractivity contribution is 5.49. The zero-order chi connectivity index (χ0) is 13.0. The highest BCUT2D eigenvalue weighted by atomic mass is 15.2. The first-order valence-electron chi connectivity index (χ1n) is 6.06. The van der Waals surface area contributed by atoms with Gasteiger partial charge in [-0.15, -0.1) is 0 Å². The van der Waals surface area contributed by atoms with Gasteiger partial charge in [-0.25, -0.2) is 9.97 Å². The fourth-order valence-electron chi connectivity index (χ4n) is 2.34. The van der Waals surface area contributed by atoms with E-state index in [1.54, 1.807) is 6.07 Å². The summed E-state index contributed by atoms with van der Waals surface area (Å²) in [7, 11) is 4.18. The van der Waals surface area contributed by atoms with Gasteiger partial charge < -0.3 is 9.80 Å². The number of anilines is 2. The lowest BCUT2D eigenvalue weighted by Gasteiger charge is -2.22. The van der Waals surface area contributed by atoms with E-state index in [2.05, 4.69) is 32.1 Å². The van der Waals surface area contributed by atoms with E-state index in [4.69, 9.17) is 5.26 Å². The molecule has 0 amide bonds. The Balaban J connectivity index is 1.98. The van der Waals surface area contributed by atoms with Crippen LogP contribution in [0.3, 0.4) is 0 Å². The predicted octanol–water partition coefficient (Wildman–Crippen LogP) is 0.757. The molecule has 1 aromatic rings. The van der Waals surface area contributed by atoms with Crippen LogP contribution in [0.4, 0.5) is 11.6 Å². The van der Waals surface area contributed by atoms with Crippen molar-refractivity contribution in [2.24, 2.45) is 5.92 Å². The van der Waals surface area contributed by atoms with Crippen LogP contribution in [0.5, 0.6) is 0 Å². The quantitative estimate of drug-likeness (QED) is 0.625. The van der Waals surface area contributed by atoms with E-state index in [-0.39, 0.29) is 0 Å². The normalized spacial score (nSPS) is 19.5. The molecule has 96 valence electrons. The summed E-state index contributed by atoms with van der Waals surface area (Å²) >= 11 is 0. The number of rotatable bonds is 4. The summed E-state index contributed by atoms with van der Waals surface area (Å²) in [4.78, 5) is 12.7. The Kier molecular flexibility index (Phi) is 3.95. The van der Waals surface area contributed by atoms with Crippen molar-refractivity contribution in [3.8, 4) is 6.19 Å². The van der Waals surface area contributed by atoms with Crippen LogP contribution in [0.1, 0.15) is 6.42 Å². The van der Waals surface area contributed by atoms with Crippen LogP contribution in [-0.2, 0) is 0 Å². The lowest BCUT2D eigenvalue weighted by molar-refractivity contribution is 0.395. The number of hydrogen-bond acceptors (Lipinski definition) is 6. The summed E-state index contributed by atoms with van der Waals surface area (Å²) in [6, 6.07) is 1.79. The van der Waals surface area contributed by atoms with Crippen LogP contribution >= 0.6 is 0 Å². The maximum Gasteiger partial charge on any atom is 0.182 e. The van der Waals surface area contributed by atoms with Crippen molar-refractivity contribution in [2.45, 2.75) is 6.42 Å². The average Bonchev–Trinajstić information content (AvgIpc) is 2.75. The molecule has 0 saturated carbocycles. The Morgan fingerprint density at radius 3 is 3.11 bits per heavy atom. The van der Waals surface area contributed by atoms with Crippen molar-refractivity contribution in [2.75, 3.05) is 43.9 Å². The molecule has 1 aliphatic heterocycles. The summed E-state index contributed by atoms with van der Waals surface area (Å²) in [5.74, 6) is 2.07. The van der Waals surface area contributed by atoms with E-state index in [9.17, 15) is 0 Å². The van der Waals surface area contributed by atoms with E-state index < -0.39 is 0 Å². The highest BCUT2D eigenvalue weighted by Gasteiger charge is 2.21. The molecule has 0 bridgehead atoms. The van der Waals surface area contributed by atoms with Crippen molar-refractivity contribution in [1.29, 1.82) is 5.26 Å². The third-order valence-electron chi connectivity index (χ3n) is 3.25. The second kappa shape index (κ2) is 5.65. The first-order chi connectivity index (χ1) is 8.69. The molecule has 1 aliphatic rings. The topological polar surface area (TPSA) is 68.1 Å². The molecular formula is C12H18N6. The standard InChI is InChI=1S/C12H18N6/c1-17-4-3-10(6-17)7-18(2)12-5-11(14-8-13)15-9-16-12/h5,9-10H,3-4,6-7H2,1-2H3,(H,14,15,16). The zero-order valence-electron chi connectivity index (χ0n) is 10.8. The van der Waals surface area contributed by atoms with Gasteiger partial charge >= 0.3 is 0 Å². The van der Waals surface area contributed by atoms with Gasteiger partial charge in [-0.2, -0.15) is 5.26 Å². The van der Waals surface area contributed by atoms with Gasteiger partial charge in [0.25, 0.3) is 0 Å². The number of aromatic nitrogens is 2. The Morgan fingerprint density at radius 2 is 2.44 bits per heavy atom. The second-order valence-corrected chi connectivity index (χ2v) is 4.80. The van der Waals surface area contributed by atoms with Gasteiger partial charge in [0, 0.05) is 26.2 Å². The maximum absolute atomic E-state index is 8.57. The van der Waals surface area contributed by atoms with Gasteiger partial charge in [-0.3, -0.25) is 5.32 Å². The largest absolute Gasteiger partial charge is 0.359 e. The fourth-order valence-corrected chi connectivity index (χ4v) is 2.34. The third-order valence-corrected chi connectivity index (χ3v) is 3.25. The first-order valence-corrected chi connectivity index (χ1v) is 6.06. The lowest BCUT2D eigenvalue weighted by atomic mass is 10.1. The minimum atomic E-state index is 0.540. The molecular weight excluding hydrogens is 228 g/mol. The van der Waals surface area contributed by atoms with Crippen LogP contribution in [0.15, 0.2) is 12.4 Å². The van der Waals surface area contributed by atoms with Crippen molar-refractivity contribution in [1.82, 2.24) is 14.9 Å². The minimum Gasteiger partial charge on any atom is -0.359 e. The molecule has 2 heterocycles. The molecule has 1 fully saturated rings. The second-order valence-electron chi connectivity index (χ2n) is 4.80. The van der Waals surface area contributed by atoms with Gasteiger partial charge in [0.1, 0.15) is 18.0 Å². The minimum absolute atomic E-state index is 0.540. The van der Waals surface area contributed by atoms with Crippen LogP contribution in [0, 0.1) is 17.4 Å². The predicted molar refractivity (Wildman–Crippen MR) is 70.1 cm³/mol. The van der Waals surface area contributed by atoms with Crippen molar-refractivity contribution >= 4 is 11.6 Å². The van der Waals surface area contributed by atoms with E-state index in [1.807, 2.05) is 13.2 Å².